The van der Waals surface area contributed by atoms with Crippen LogP contribution in [-0.4, -0.2) is 11.1 Å². The van der Waals surface area contributed by atoms with Gasteiger partial charge in [0.15, 0.2) is 0 Å². The quantitative estimate of drug-likeness (QED) is 0.315. The molecule has 0 unspecified atom stereocenters. The Kier molecular flexibility index (Phi) is 14.0. The maximum atomic E-state index is 11.1. The lowest BCUT2D eigenvalue weighted by Crippen LogP contribution is -2.13. The minimum Gasteiger partial charge on any atom is -0.481 e. The summed E-state index contributed by atoms with van der Waals surface area (Å²) in [5, 5.41) is 9.13. The summed E-state index contributed by atoms with van der Waals surface area (Å²) < 4.78 is 0. The highest BCUT2D eigenvalue weighted by Gasteiger charge is 2.15. The molecule has 0 fully saturated rings. The average molecular weight is 282 g/mol. The summed E-state index contributed by atoms with van der Waals surface area (Å²) in [6.45, 7) is 4.35. The van der Waals surface area contributed by atoms with Gasteiger partial charge in [0.1, 0.15) is 0 Å². The molecule has 0 saturated carbocycles. The van der Waals surface area contributed by atoms with Gasteiger partial charge in [-0.3, -0.25) is 4.79 Å². The Labute approximate surface area is 125 Å². The minimum absolute atomic E-state index is 0.118. The molecule has 0 spiro atoms. The lowest BCUT2D eigenvalue weighted by molar-refractivity contribution is -0.142. The van der Waals surface area contributed by atoms with Crippen LogP contribution in [0.25, 0.3) is 0 Å². The molecule has 0 heterocycles. The highest BCUT2D eigenvalue weighted by molar-refractivity contribution is 5.69. The first-order chi connectivity index (χ1) is 9.72. The van der Waals surface area contributed by atoms with E-state index in [0.717, 1.165) is 44.9 Å². The highest BCUT2D eigenvalue weighted by atomic mass is 16.4. The van der Waals surface area contributed by atoms with E-state index in [1.165, 1.54) is 32.1 Å². The van der Waals surface area contributed by atoms with Gasteiger partial charge >= 0.3 is 5.97 Å². The van der Waals surface area contributed by atoms with Crippen molar-refractivity contribution in [2.45, 2.75) is 90.9 Å². The molecule has 0 aromatic heterocycles. The third-order valence-electron chi connectivity index (χ3n) is 3.82. The molecular weight excluding hydrogens is 248 g/mol. The molecule has 0 aliphatic heterocycles. The molecule has 0 aromatic carbocycles. The number of aliphatic carboxylic acids is 1. The van der Waals surface area contributed by atoms with Gasteiger partial charge in [0.25, 0.3) is 0 Å². The second-order valence-electron chi connectivity index (χ2n) is 5.78. The van der Waals surface area contributed by atoms with Crippen molar-refractivity contribution >= 4 is 5.97 Å². The van der Waals surface area contributed by atoms with Gasteiger partial charge in [0.2, 0.25) is 0 Å². The molecule has 2 nitrogen and oxygen atoms in total. The van der Waals surface area contributed by atoms with E-state index in [9.17, 15) is 4.79 Å². The predicted octanol–water partition coefficient (Wildman–Crippen LogP) is 5.96. The number of unbranched alkanes of at least 4 members (excludes halogenated alkanes) is 7. The lowest BCUT2D eigenvalue weighted by Gasteiger charge is -2.10. The fourth-order valence-corrected chi connectivity index (χ4v) is 2.42. The normalized spacial score (nSPS) is 12.9. The van der Waals surface area contributed by atoms with Crippen molar-refractivity contribution in [2.24, 2.45) is 5.92 Å². The number of carboxylic acids is 1. The Morgan fingerprint density at radius 2 is 1.40 bits per heavy atom. The van der Waals surface area contributed by atoms with Crippen molar-refractivity contribution in [2.75, 3.05) is 0 Å². The first-order valence-electron chi connectivity index (χ1n) is 8.60. The minimum atomic E-state index is -0.607. The molecule has 0 aliphatic rings. The average Bonchev–Trinajstić information content (AvgIpc) is 2.43. The van der Waals surface area contributed by atoms with Crippen LogP contribution in [0.15, 0.2) is 12.2 Å². The van der Waals surface area contributed by atoms with Crippen LogP contribution >= 0.6 is 0 Å². The molecule has 0 saturated heterocycles. The molecule has 0 aliphatic carbocycles. The van der Waals surface area contributed by atoms with E-state index in [0.29, 0.717) is 0 Å². The van der Waals surface area contributed by atoms with Crippen molar-refractivity contribution in [3.05, 3.63) is 12.2 Å². The van der Waals surface area contributed by atoms with Gasteiger partial charge in [-0.2, -0.15) is 0 Å². The highest BCUT2D eigenvalue weighted by Crippen LogP contribution is 2.17. The first-order valence-corrected chi connectivity index (χ1v) is 8.60. The maximum absolute atomic E-state index is 11.1. The summed E-state index contributed by atoms with van der Waals surface area (Å²) in [5.74, 6) is -0.724. The third kappa shape index (κ3) is 12.3. The van der Waals surface area contributed by atoms with Gasteiger partial charge in [-0.25, -0.2) is 0 Å². The predicted molar refractivity (Wildman–Crippen MR) is 87.0 cm³/mol. The molecule has 0 bridgehead atoms. The van der Waals surface area contributed by atoms with Gasteiger partial charge < -0.3 is 5.11 Å². The third-order valence-corrected chi connectivity index (χ3v) is 3.82. The SMILES string of the molecule is CCCCCCC=CCCCC[C@@H](CCCC)C(=O)O. The zero-order valence-corrected chi connectivity index (χ0v) is 13.6. The van der Waals surface area contributed by atoms with E-state index in [-0.39, 0.29) is 5.92 Å². The fourth-order valence-electron chi connectivity index (χ4n) is 2.42. The summed E-state index contributed by atoms with van der Waals surface area (Å²) >= 11 is 0. The van der Waals surface area contributed by atoms with E-state index in [1.807, 2.05) is 0 Å². The van der Waals surface area contributed by atoms with Gasteiger partial charge in [0, 0.05) is 0 Å². The number of hydrogen-bond acceptors (Lipinski definition) is 1. The second kappa shape index (κ2) is 14.6. The Balaban J connectivity index is 3.48. The molecule has 0 amide bonds. The topological polar surface area (TPSA) is 37.3 Å². The summed E-state index contributed by atoms with van der Waals surface area (Å²) in [4.78, 5) is 11.1. The summed E-state index contributed by atoms with van der Waals surface area (Å²) in [6.07, 6.45) is 18.2. The van der Waals surface area contributed by atoms with Crippen molar-refractivity contribution in [1.82, 2.24) is 0 Å². The number of carboxylic acid groups (broad SMARTS) is 1. The van der Waals surface area contributed by atoms with Crippen LogP contribution in [0.1, 0.15) is 90.9 Å². The van der Waals surface area contributed by atoms with E-state index in [2.05, 4.69) is 26.0 Å². The zero-order valence-electron chi connectivity index (χ0n) is 13.6. The van der Waals surface area contributed by atoms with Crippen molar-refractivity contribution in [3.8, 4) is 0 Å². The van der Waals surface area contributed by atoms with Gasteiger partial charge in [-0.05, 0) is 38.5 Å². The van der Waals surface area contributed by atoms with E-state index < -0.39 is 5.97 Å². The number of carbonyl (C=O) groups is 1. The van der Waals surface area contributed by atoms with Crippen LogP contribution in [-0.2, 0) is 4.79 Å². The Hall–Kier alpha value is -0.790. The van der Waals surface area contributed by atoms with Crippen LogP contribution in [0.5, 0.6) is 0 Å². The van der Waals surface area contributed by atoms with Crippen LogP contribution < -0.4 is 0 Å². The zero-order chi connectivity index (χ0) is 15.1. The monoisotopic (exact) mass is 282 g/mol. The van der Waals surface area contributed by atoms with Crippen LogP contribution in [0.4, 0.5) is 0 Å². The van der Waals surface area contributed by atoms with E-state index >= 15 is 0 Å². The van der Waals surface area contributed by atoms with Gasteiger partial charge in [0.05, 0.1) is 5.92 Å². The van der Waals surface area contributed by atoms with E-state index in [1.54, 1.807) is 0 Å². The molecule has 1 N–H and O–H groups in total. The van der Waals surface area contributed by atoms with Gasteiger partial charge in [-0.1, -0.05) is 64.5 Å². The van der Waals surface area contributed by atoms with Crippen LogP contribution in [0.2, 0.25) is 0 Å². The van der Waals surface area contributed by atoms with Crippen molar-refractivity contribution in [3.63, 3.8) is 0 Å². The van der Waals surface area contributed by atoms with Crippen molar-refractivity contribution < 1.29 is 9.90 Å². The molecule has 2 heteroatoms. The van der Waals surface area contributed by atoms with Gasteiger partial charge in [-0.15, -0.1) is 0 Å². The molecule has 20 heavy (non-hydrogen) atoms. The number of rotatable bonds is 14. The summed E-state index contributed by atoms with van der Waals surface area (Å²) in [7, 11) is 0. The summed E-state index contributed by atoms with van der Waals surface area (Å²) in [5.41, 5.74) is 0. The Morgan fingerprint density at radius 3 is 1.95 bits per heavy atom. The van der Waals surface area contributed by atoms with Crippen molar-refractivity contribution in [1.29, 1.82) is 0 Å². The molecular formula is C18H34O2. The first kappa shape index (κ1) is 19.2. The molecule has 0 aromatic rings. The fraction of sp³-hybridized carbons (Fsp3) is 0.833. The van der Waals surface area contributed by atoms with E-state index in [4.69, 9.17) is 5.11 Å². The Bertz CT molecular complexity index is 246. The smallest absolute Gasteiger partial charge is 0.306 e. The Morgan fingerprint density at radius 1 is 0.850 bits per heavy atom. The molecule has 1 atom stereocenters. The maximum Gasteiger partial charge on any atom is 0.306 e. The number of hydrogen-bond donors (Lipinski definition) is 1. The standard InChI is InChI=1S/C18H34O2/c1-3-5-7-8-9-10-11-12-13-14-16-17(18(19)20)15-6-4-2/h10-11,17H,3-9,12-16H2,1-2H3,(H,19,20)/t17-/m1/s1. The van der Waals surface area contributed by atoms with Crippen LogP contribution in [0, 0.1) is 5.92 Å². The second-order valence-corrected chi connectivity index (χ2v) is 5.78. The largest absolute Gasteiger partial charge is 0.481 e. The summed E-state index contributed by atoms with van der Waals surface area (Å²) in [6, 6.07) is 0. The molecule has 0 rings (SSSR count). The molecule has 0 radical (unpaired) electrons. The number of allylic oxidation sites excluding steroid dienone is 2. The lowest BCUT2D eigenvalue weighted by atomic mass is 9.95. The van der Waals surface area contributed by atoms with Crippen LogP contribution in [0.3, 0.4) is 0 Å². The molecule has 118 valence electrons.